The number of hydrogen-bond acceptors (Lipinski definition) is 3. The van der Waals surface area contributed by atoms with E-state index < -0.39 is 0 Å². The van der Waals surface area contributed by atoms with Crippen molar-refractivity contribution in [2.24, 2.45) is 10.8 Å². The highest BCUT2D eigenvalue weighted by Gasteiger charge is 2.07. The van der Waals surface area contributed by atoms with Gasteiger partial charge < -0.3 is 15.0 Å². The van der Waals surface area contributed by atoms with E-state index in [9.17, 15) is 0 Å². The summed E-state index contributed by atoms with van der Waals surface area (Å²) in [5, 5.41) is 5.32. The maximum atomic E-state index is 5.91. The molecule has 1 heterocycles. The summed E-state index contributed by atoms with van der Waals surface area (Å²) in [6.07, 6.45) is 3.77. The molecule has 0 aliphatic rings. The van der Waals surface area contributed by atoms with Gasteiger partial charge >= 0.3 is 0 Å². The van der Waals surface area contributed by atoms with E-state index in [4.69, 9.17) is 22.7 Å². The van der Waals surface area contributed by atoms with Crippen molar-refractivity contribution in [1.29, 1.82) is 0 Å². The number of hydrazone groups is 1. The van der Waals surface area contributed by atoms with Gasteiger partial charge in [0, 0.05) is 22.7 Å². The van der Waals surface area contributed by atoms with E-state index in [0.29, 0.717) is 6.61 Å². The summed E-state index contributed by atoms with van der Waals surface area (Å²) in [4.78, 5) is 0. The first kappa shape index (κ1) is 17.0. The number of thiocarbonyl (C=S) groups is 1. The molecule has 3 aromatic rings. The molecule has 1 aromatic heterocycles. The van der Waals surface area contributed by atoms with Gasteiger partial charge in [-0.25, -0.2) is 0 Å². The normalized spacial score (nSPS) is 11.1. The number of rotatable bonds is 6. The molecule has 3 N–H and O–H groups in total. The van der Waals surface area contributed by atoms with Crippen LogP contribution in [0.4, 0.5) is 0 Å². The lowest BCUT2D eigenvalue weighted by Gasteiger charge is -2.10. The second-order valence-electron chi connectivity index (χ2n) is 5.64. The maximum Gasteiger partial charge on any atom is 0.184 e. The first-order valence-electron chi connectivity index (χ1n) is 8.00. The second kappa shape index (κ2) is 7.81. The topological polar surface area (TPSA) is 64.6 Å². The molecular weight excluding hydrogens is 332 g/mol. The molecule has 0 saturated carbocycles. The zero-order valence-electron chi connectivity index (χ0n) is 14.0. The molecule has 0 bridgehead atoms. The number of ether oxygens (including phenoxy) is 1. The highest BCUT2D eigenvalue weighted by Crippen LogP contribution is 2.21. The predicted octanol–water partition coefficient (Wildman–Crippen LogP) is 3.20. The van der Waals surface area contributed by atoms with Crippen LogP contribution in [-0.4, -0.2) is 22.5 Å². The Morgan fingerprint density at radius 1 is 1.24 bits per heavy atom. The Hall–Kier alpha value is -2.86. The molecule has 5 nitrogen and oxygen atoms in total. The Morgan fingerprint density at radius 2 is 2.00 bits per heavy atom. The molecule has 0 amide bonds. The van der Waals surface area contributed by atoms with Crippen LogP contribution in [0, 0.1) is 6.92 Å². The van der Waals surface area contributed by atoms with Gasteiger partial charge in [0.25, 0.3) is 0 Å². The van der Waals surface area contributed by atoms with Crippen molar-refractivity contribution in [3.05, 3.63) is 65.9 Å². The smallest absolute Gasteiger partial charge is 0.184 e. The van der Waals surface area contributed by atoms with E-state index in [1.54, 1.807) is 6.21 Å². The molecule has 0 radical (unpaired) electrons. The lowest BCUT2D eigenvalue weighted by molar-refractivity contribution is 0.298. The molecule has 6 heteroatoms. The van der Waals surface area contributed by atoms with E-state index in [-0.39, 0.29) is 5.11 Å². The van der Waals surface area contributed by atoms with Gasteiger partial charge in [-0.05, 0) is 36.8 Å². The SMILES string of the molecule is Cc1ccccc1OCCn1cc(/C=N/NC(N)=S)c2ccccc21. The Labute approximate surface area is 152 Å². The van der Waals surface area contributed by atoms with Crippen LogP contribution < -0.4 is 15.9 Å². The number of hydrogen-bond donors (Lipinski definition) is 2. The molecule has 3 rings (SSSR count). The molecule has 0 atom stereocenters. The Balaban J connectivity index is 1.76. The predicted molar refractivity (Wildman–Crippen MR) is 106 cm³/mol. The minimum Gasteiger partial charge on any atom is -0.491 e. The van der Waals surface area contributed by atoms with Crippen LogP contribution in [0.3, 0.4) is 0 Å². The fraction of sp³-hybridized carbons (Fsp3) is 0.158. The van der Waals surface area contributed by atoms with Crippen LogP contribution in [0.2, 0.25) is 0 Å². The van der Waals surface area contributed by atoms with Gasteiger partial charge in [0.15, 0.2) is 5.11 Å². The number of nitrogens with two attached hydrogens (primary N) is 1. The third-order valence-electron chi connectivity index (χ3n) is 3.88. The van der Waals surface area contributed by atoms with Crippen LogP contribution in [0.15, 0.2) is 59.8 Å². The van der Waals surface area contributed by atoms with E-state index in [1.807, 2.05) is 43.3 Å². The molecule has 2 aromatic carbocycles. The largest absolute Gasteiger partial charge is 0.491 e. The lowest BCUT2D eigenvalue weighted by atomic mass is 10.2. The van der Waals surface area contributed by atoms with E-state index in [1.165, 1.54) is 0 Å². The molecule has 0 aliphatic carbocycles. The summed E-state index contributed by atoms with van der Waals surface area (Å²) in [5.41, 5.74) is 11.2. The molecule has 0 fully saturated rings. The Bertz CT molecular complexity index is 917. The molecule has 0 spiro atoms. The van der Waals surface area contributed by atoms with E-state index >= 15 is 0 Å². The standard InChI is InChI=1S/C19H20N4OS/c1-14-6-2-5-9-18(14)24-11-10-23-13-15(12-21-22-19(20)25)16-7-3-4-8-17(16)23/h2-9,12-13H,10-11H2,1H3,(H3,20,22,25)/b21-12+. The third-order valence-corrected chi connectivity index (χ3v) is 3.97. The number of benzene rings is 2. The summed E-state index contributed by atoms with van der Waals surface area (Å²) in [7, 11) is 0. The fourth-order valence-corrected chi connectivity index (χ4v) is 2.75. The van der Waals surface area contributed by atoms with Crippen molar-refractivity contribution in [2.45, 2.75) is 13.5 Å². The summed E-state index contributed by atoms with van der Waals surface area (Å²) in [6.45, 7) is 3.38. The van der Waals surface area contributed by atoms with Gasteiger partial charge in [-0.1, -0.05) is 36.4 Å². The van der Waals surface area contributed by atoms with Crippen molar-refractivity contribution in [3.8, 4) is 5.75 Å². The summed E-state index contributed by atoms with van der Waals surface area (Å²) in [5.74, 6) is 0.918. The minimum absolute atomic E-state index is 0.145. The monoisotopic (exact) mass is 352 g/mol. The average Bonchev–Trinajstić information content (AvgIpc) is 2.95. The minimum atomic E-state index is 0.145. The number of aryl methyl sites for hydroxylation is 1. The third kappa shape index (κ3) is 4.16. The number of nitrogens with zero attached hydrogens (tertiary/aromatic N) is 2. The molecule has 128 valence electrons. The van der Waals surface area contributed by atoms with E-state index in [0.717, 1.165) is 34.3 Å². The van der Waals surface area contributed by atoms with E-state index in [2.05, 4.69) is 33.4 Å². The number of para-hydroxylation sites is 2. The van der Waals surface area contributed by atoms with Gasteiger partial charge in [-0.15, -0.1) is 0 Å². The van der Waals surface area contributed by atoms with Crippen LogP contribution in [0.5, 0.6) is 5.75 Å². The summed E-state index contributed by atoms with van der Waals surface area (Å²) in [6, 6.07) is 16.2. The number of nitrogens with one attached hydrogen (secondary N) is 1. The molecule has 0 aliphatic heterocycles. The Morgan fingerprint density at radius 3 is 2.80 bits per heavy atom. The highest BCUT2D eigenvalue weighted by molar-refractivity contribution is 7.80. The van der Waals surface area contributed by atoms with Crippen molar-refractivity contribution < 1.29 is 4.74 Å². The van der Waals surface area contributed by atoms with Crippen LogP contribution in [0.1, 0.15) is 11.1 Å². The van der Waals surface area contributed by atoms with Gasteiger partial charge in [-0.2, -0.15) is 5.10 Å². The van der Waals surface area contributed by atoms with Gasteiger partial charge in [0.05, 0.1) is 12.8 Å². The number of aromatic nitrogens is 1. The number of fused-ring (bicyclic) bond motifs is 1. The van der Waals surface area contributed by atoms with Gasteiger partial charge in [0.1, 0.15) is 12.4 Å². The van der Waals surface area contributed by atoms with Crippen molar-refractivity contribution in [1.82, 2.24) is 9.99 Å². The van der Waals surface area contributed by atoms with Crippen LogP contribution in [-0.2, 0) is 6.54 Å². The Kier molecular flexibility index (Phi) is 5.30. The quantitative estimate of drug-likeness (QED) is 0.406. The first-order chi connectivity index (χ1) is 12.1. The second-order valence-corrected chi connectivity index (χ2v) is 6.08. The molecule has 0 unspecified atom stereocenters. The lowest BCUT2D eigenvalue weighted by Crippen LogP contribution is -2.23. The highest BCUT2D eigenvalue weighted by atomic mass is 32.1. The van der Waals surface area contributed by atoms with Crippen LogP contribution >= 0.6 is 12.2 Å². The first-order valence-corrected chi connectivity index (χ1v) is 8.41. The molecule has 0 saturated heterocycles. The van der Waals surface area contributed by atoms with Crippen molar-refractivity contribution in [3.63, 3.8) is 0 Å². The maximum absolute atomic E-state index is 5.91. The molecular formula is C19H20N4OS. The van der Waals surface area contributed by atoms with Gasteiger partial charge in [0.2, 0.25) is 0 Å². The van der Waals surface area contributed by atoms with Crippen molar-refractivity contribution in [2.75, 3.05) is 6.61 Å². The zero-order chi connectivity index (χ0) is 17.6. The molecule has 25 heavy (non-hydrogen) atoms. The van der Waals surface area contributed by atoms with Gasteiger partial charge in [-0.3, -0.25) is 5.43 Å². The van der Waals surface area contributed by atoms with Crippen molar-refractivity contribution >= 4 is 34.4 Å². The zero-order valence-corrected chi connectivity index (χ0v) is 14.8. The summed E-state index contributed by atoms with van der Waals surface area (Å²) < 4.78 is 8.07. The van der Waals surface area contributed by atoms with Crippen LogP contribution in [0.25, 0.3) is 10.9 Å². The average molecular weight is 352 g/mol. The fourth-order valence-electron chi connectivity index (χ4n) is 2.70. The summed E-state index contributed by atoms with van der Waals surface area (Å²) >= 11 is 4.76.